The minimum absolute atomic E-state index is 0.00227. The van der Waals surface area contributed by atoms with Crippen LogP contribution in [0.4, 0.5) is 0 Å². The number of imidazole rings is 1. The van der Waals surface area contributed by atoms with E-state index in [0.29, 0.717) is 17.4 Å². The Labute approximate surface area is 139 Å². The molecule has 1 amide bonds. The van der Waals surface area contributed by atoms with Crippen LogP contribution in [0, 0.1) is 0 Å². The standard InChI is InChI=1S/C14H10ClN5O2S/c15-5-9-17-13(18-22-9)10-11-7-1-3-19(7)14(21)12-8(2-4-23-12)20(11)6-16-10/h2,4,6-7H,1,3,5H2/t7-/m0/s1. The summed E-state index contributed by atoms with van der Waals surface area (Å²) in [5.41, 5.74) is 2.44. The van der Waals surface area contributed by atoms with Gasteiger partial charge in [-0.05, 0) is 17.9 Å². The third kappa shape index (κ3) is 1.70. The van der Waals surface area contributed by atoms with Crippen molar-refractivity contribution in [3.05, 3.63) is 34.2 Å². The molecule has 2 aliphatic rings. The van der Waals surface area contributed by atoms with Gasteiger partial charge in [0.2, 0.25) is 11.7 Å². The van der Waals surface area contributed by atoms with Gasteiger partial charge in [-0.3, -0.25) is 9.36 Å². The number of amides is 1. The molecule has 7 nitrogen and oxygen atoms in total. The molecule has 2 aliphatic heterocycles. The van der Waals surface area contributed by atoms with Gasteiger partial charge in [0.15, 0.2) is 0 Å². The summed E-state index contributed by atoms with van der Waals surface area (Å²) < 4.78 is 7.07. The van der Waals surface area contributed by atoms with Gasteiger partial charge < -0.3 is 9.42 Å². The van der Waals surface area contributed by atoms with E-state index in [1.807, 2.05) is 20.9 Å². The van der Waals surface area contributed by atoms with Gasteiger partial charge in [-0.25, -0.2) is 4.98 Å². The topological polar surface area (TPSA) is 77.0 Å². The number of fused-ring (bicyclic) bond motifs is 5. The predicted molar refractivity (Wildman–Crippen MR) is 82.7 cm³/mol. The summed E-state index contributed by atoms with van der Waals surface area (Å²) in [4.78, 5) is 24.0. The van der Waals surface area contributed by atoms with Crippen LogP contribution in [0.5, 0.6) is 0 Å². The van der Waals surface area contributed by atoms with Crippen molar-refractivity contribution in [2.24, 2.45) is 0 Å². The second-order valence-corrected chi connectivity index (χ2v) is 6.62. The van der Waals surface area contributed by atoms with E-state index in [9.17, 15) is 4.79 Å². The Balaban J connectivity index is 1.74. The largest absolute Gasteiger partial charge is 0.338 e. The summed E-state index contributed by atoms with van der Waals surface area (Å²) in [6.07, 6.45) is 2.63. The van der Waals surface area contributed by atoms with Gasteiger partial charge in [-0.2, -0.15) is 4.98 Å². The highest BCUT2D eigenvalue weighted by Gasteiger charge is 2.42. The average Bonchev–Trinajstić information content (AvgIpc) is 3.23. The number of carbonyl (C=O) groups is 1. The molecule has 3 aromatic heterocycles. The van der Waals surface area contributed by atoms with E-state index in [1.54, 1.807) is 6.33 Å². The van der Waals surface area contributed by atoms with Gasteiger partial charge in [0.05, 0.1) is 17.4 Å². The van der Waals surface area contributed by atoms with Crippen LogP contribution in [0.25, 0.3) is 17.2 Å². The zero-order valence-electron chi connectivity index (χ0n) is 11.8. The quantitative estimate of drug-likeness (QED) is 0.666. The lowest BCUT2D eigenvalue weighted by atomic mass is 9.98. The molecule has 116 valence electrons. The van der Waals surface area contributed by atoms with E-state index < -0.39 is 0 Å². The van der Waals surface area contributed by atoms with Crippen molar-refractivity contribution in [1.82, 2.24) is 24.6 Å². The van der Waals surface area contributed by atoms with E-state index in [1.165, 1.54) is 11.3 Å². The smallest absolute Gasteiger partial charge is 0.266 e. The second-order valence-electron chi connectivity index (χ2n) is 5.43. The van der Waals surface area contributed by atoms with Crippen LogP contribution in [0.2, 0.25) is 0 Å². The molecule has 0 N–H and O–H groups in total. The van der Waals surface area contributed by atoms with Gasteiger partial charge in [0.1, 0.15) is 22.8 Å². The first-order valence-corrected chi connectivity index (χ1v) is 8.54. The number of halogens is 1. The number of hydrogen-bond donors (Lipinski definition) is 0. The fourth-order valence-electron chi connectivity index (χ4n) is 3.14. The number of carbonyl (C=O) groups excluding carboxylic acids is 1. The van der Waals surface area contributed by atoms with Crippen molar-refractivity contribution < 1.29 is 9.32 Å². The van der Waals surface area contributed by atoms with Gasteiger partial charge in [-0.15, -0.1) is 22.9 Å². The molecule has 0 aliphatic carbocycles. The van der Waals surface area contributed by atoms with Crippen LogP contribution < -0.4 is 0 Å². The second kappa shape index (κ2) is 4.65. The van der Waals surface area contributed by atoms with Crippen LogP contribution in [0.15, 0.2) is 22.3 Å². The van der Waals surface area contributed by atoms with Gasteiger partial charge in [0, 0.05) is 6.54 Å². The Kier molecular flexibility index (Phi) is 2.68. The van der Waals surface area contributed by atoms with Crippen molar-refractivity contribution in [2.45, 2.75) is 18.3 Å². The van der Waals surface area contributed by atoms with Crippen LogP contribution in [-0.4, -0.2) is 37.0 Å². The maximum absolute atomic E-state index is 12.7. The average molecular weight is 348 g/mol. The predicted octanol–water partition coefficient (Wildman–Crippen LogP) is 2.62. The molecule has 0 unspecified atom stereocenters. The minimum Gasteiger partial charge on any atom is -0.338 e. The normalized spacial score (nSPS) is 18.9. The Bertz CT molecular complexity index is 929. The molecule has 0 spiro atoms. The summed E-state index contributed by atoms with van der Waals surface area (Å²) in [6.45, 7) is 0.755. The maximum Gasteiger partial charge on any atom is 0.266 e. The monoisotopic (exact) mass is 347 g/mol. The molecular weight excluding hydrogens is 338 g/mol. The Morgan fingerprint density at radius 1 is 1.48 bits per heavy atom. The SMILES string of the molecule is O=C1c2sccc2-n2cnc(-c3noc(CCl)n3)c2[C@@H]2CCN12. The van der Waals surface area contributed by atoms with E-state index in [4.69, 9.17) is 16.1 Å². The molecule has 5 heterocycles. The van der Waals surface area contributed by atoms with Crippen molar-refractivity contribution in [1.29, 1.82) is 0 Å². The summed E-state index contributed by atoms with van der Waals surface area (Å²) in [6, 6.07) is 1.94. The van der Waals surface area contributed by atoms with Crippen LogP contribution >= 0.6 is 22.9 Å². The van der Waals surface area contributed by atoms with Crippen LogP contribution in [0.1, 0.15) is 33.7 Å². The molecular formula is C14H10ClN5O2S. The van der Waals surface area contributed by atoms with Crippen molar-refractivity contribution in [3.8, 4) is 17.2 Å². The van der Waals surface area contributed by atoms with Crippen molar-refractivity contribution in [3.63, 3.8) is 0 Å². The van der Waals surface area contributed by atoms with E-state index in [0.717, 1.165) is 29.2 Å². The number of nitrogens with zero attached hydrogens (tertiary/aromatic N) is 5. The van der Waals surface area contributed by atoms with E-state index >= 15 is 0 Å². The van der Waals surface area contributed by atoms with Crippen LogP contribution in [-0.2, 0) is 5.88 Å². The zero-order valence-corrected chi connectivity index (χ0v) is 13.3. The first-order valence-electron chi connectivity index (χ1n) is 7.13. The first kappa shape index (κ1) is 13.3. The molecule has 3 aromatic rings. The molecule has 0 aromatic carbocycles. The van der Waals surface area contributed by atoms with Gasteiger partial charge >= 0.3 is 0 Å². The highest BCUT2D eigenvalue weighted by Crippen LogP contribution is 2.44. The molecule has 1 atom stereocenters. The fraction of sp³-hybridized carbons (Fsp3) is 0.286. The molecule has 0 saturated carbocycles. The maximum atomic E-state index is 12.7. The summed E-state index contributed by atoms with van der Waals surface area (Å²) in [5, 5.41) is 5.89. The molecule has 1 fully saturated rings. The van der Waals surface area contributed by atoms with Crippen LogP contribution in [0.3, 0.4) is 0 Å². The number of thiophene rings is 1. The van der Waals surface area contributed by atoms with Gasteiger partial charge in [-0.1, -0.05) is 5.16 Å². The summed E-state index contributed by atoms with van der Waals surface area (Å²) in [5.74, 6) is 1.00. The van der Waals surface area contributed by atoms with E-state index in [-0.39, 0.29) is 17.8 Å². The highest BCUT2D eigenvalue weighted by molar-refractivity contribution is 7.12. The number of rotatable bonds is 2. The number of aromatic nitrogens is 4. The molecule has 23 heavy (non-hydrogen) atoms. The molecule has 0 bridgehead atoms. The van der Waals surface area contributed by atoms with E-state index in [2.05, 4.69) is 15.1 Å². The third-order valence-corrected chi connectivity index (χ3v) is 5.41. The third-order valence-electron chi connectivity index (χ3n) is 4.29. The number of hydrogen-bond acceptors (Lipinski definition) is 6. The lowest BCUT2D eigenvalue weighted by molar-refractivity contribution is 0.0466. The number of alkyl halides is 1. The Hall–Kier alpha value is -2.19. The van der Waals surface area contributed by atoms with Crippen molar-refractivity contribution in [2.75, 3.05) is 6.54 Å². The lowest BCUT2D eigenvalue weighted by Gasteiger charge is -2.39. The molecule has 1 saturated heterocycles. The van der Waals surface area contributed by atoms with Crippen molar-refractivity contribution >= 4 is 28.8 Å². The zero-order chi connectivity index (χ0) is 15.6. The molecule has 5 rings (SSSR count). The lowest BCUT2D eigenvalue weighted by Crippen LogP contribution is -2.44. The molecule has 9 heteroatoms. The fourth-order valence-corrected chi connectivity index (χ4v) is 4.09. The minimum atomic E-state index is -0.00227. The molecule has 0 radical (unpaired) electrons. The Morgan fingerprint density at radius 2 is 2.39 bits per heavy atom. The summed E-state index contributed by atoms with van der Waals surface area (Å²) >= 11 is 7.19. The Morgan fingerprint density at radius 3 is 3.13 bits per heavy atom. The summed E-state index contributed by atoms with van der Waals surface area (Å²) in [7, 11) is 0. The highest BCUT2D eigenvalue weighted by atomic mass is 35.5. The first-order chi connectivity index (χ1) is 11.3. The van der Waals surface area contributed by atoms with Gasteiger partial charge in [0.25, 0.3) is 5.91 Å².